The highest BCUT2D eigenvalue weighted by molar-refractivity contribution is 9.10. The maximum absolute atomic E-state index is 11.8. The Hall–Kier alpha value is -0.980. The smallest absolute Gasteiger partial charge is 0.254 e. The number of nitrogens with zero attached hydrogens (tertiary/aromatic N) is 1. The molecule has 1 aliphatic rings. The Kier molecular flexibility index (Phi) is 4.09. The zero-order chi connectivity index (χ0) is 12.3. The van der Waals surface area contributed by atoms with E-state index < -0.39 is 6.10 Å². The van der Waals surface area contributed by atoms with Crippen molar-refractivity contribution in [3.05, 3.63) is 22.4 Å². The van der Waals surface area contributed by atoms with Gasteiger partial charge in [0, 0.05) is 13.1 Å². The average Bonchev–Trinajstić information content (AvgIpc) is 2.35. The van der Waals surface area contributed by atoms with Crippen molar-refractivity contribution >= 4 is 27.5 Å². The van der Waals surface area contributed by atoms with Crippen molar-refractivity contribution in [1.82, 2.24) is 10.3 Å². The molecule has 1 aliphatic heterocycles. The van der Waals surface area contributed by atoms with Crippen LogP contribution in [0.5, 0.6) is 0 Å². The fourth-order valence-electron chi connectivity index (χ4n) is 1.58. The second-order valence-corrected chi connectivity index (χ2v) is 4.64. The quantitative estimate of drug-likeness (QED) is 0.802. The summed E-state index contributed by atoms with van der Waals surface area (Å²) in [6.07, 6.45) is 1.19. The summed E-state index contributed by atoms with van der Waals surface area (Å²) >= 11 is 3.31. The highest BCUT2D eigenvalue weighted by Crippen LogP contribution is 2.17. The third-order valence-electron chi connectivity index (χ3n) is 2.50. The van der Waals surface area contributed by atoms with Crippen molar-refractivity contribution in [2.45, 2.75) is 13.0 Å². The zero-order valence-electron chi connectivity index (χ0n) is 9.50. The van der Waals surface area contributed by atoms with E-state index in [1.165, 1.54) is 0 Å². The first-order valence-electron chi connectivity index (χ1n) is 5.42. The number of halogens is 1. The molecule has 1 unspecified atom stereocenters. The highest BCUT2D eigenvalue weighted by Gasteiger charge is 2.21. The lowest BCUT2D eigenvalue weighted by Gasteiger charge is -2.22. The topological polar surface area (TPSA) is 63.2 Å². The number of morpholine rings is 1. The van der Waals surface area contributed by atoms with Gasteiger partial charge in [-0.1, -0.05) is 0 Å². The minimum atomic E-state index is -0.423. The Labute approximate surface area is 108 Å². The second kappa shape index (κ2) is 5.57. The van der Waals surface area contributed by atoms with Crippen LogP contribution < -0.4 is 10.6 Å². The van der Waals surface area contributed by atoms with Crippen LogP contribution in [-0.4, -0.2) is 36.7 Å². The van der Waals surface area contributed by atoms with E-state index in [-0.39, 0.29) is 5.91 Å². The Morgan fingerprint density at radius 1 is 1.71 bits per heavy atom. The van der Waals surface area contributed by atoms with Crippen LogP contribution in [0.3, 0.4) is 0 Å². The highest BCUT2D eigenvalue weighted by atomic mass is 79.9. The monoisotopic (exact) mass is 299 g/mol. The van der Waals surface area contributed by atoms with Gasteiger partial charge < -0.3 is 15.4 Å². The molecule has 2 N–H and O–H groups in total. The average molecular weight is 300 g/mol. The third-order valence-corrected chi connectivity index (χ3v) is 3.33. The van der Waals surface area contributed by atoms with Gasteiger partial charge in [-0.05, 0) is 34.5 Å². The van der Waals surface area contributed by atoms with Crippen LogP contribution in [0.4, 0.5) is 5.69 Å². The van der Waals surface area contributed by atoms with Gasteiger partial charge in [0.1, 0.15) is 10.7 Å². The maximum Gasteiger partial charge on any atom is 0.254 e. The van der Waals surface area contributed by atoms with Crippen molar-refractivity contribution in [2.24, 2.45) is 0 Å². The van der Waals surface area contributed by atoms with E-state index in [0.29, 0.717) is 18.8 Å². The molecule has 5 nitrogen and oxygen atoms in total. The molecule has 1 fully saturated rings. The van der Waals surface area contributed by atoms with Crippen LogP contribution in [0.2, 0.25) is 0 Å². The lowest BCUT2D eigenvalue weighted by Crippen LogP contribution is -2.45. The van der Waals surface area contributed by atoms with Crippen LogP contribution in [0.15, 0.2) is 16.9 Å². The summed E-state index contributed by atoms with van der Waals surface area (Å²) in [5.74, 6) is -0.138. The number of amides is 1. The van der Waals surface area contributed by atoms with Gasteiger partial charge in [-0.15, -0.1) is 0 Å². The summed E-state index contributed by atoms with van der Waals surface area (Å²) in [5.41, 5.74) is 1.66. The summed E-state index contributed by atoms with van der Waals surface area (Å²) in [5, 5.41) is 5.91. The van der Waals surface area contributed by atoms with Crippen LogP contribution >= 0.6 is 15.9 Å². The molecule has 1 aromatic heterocycles. The summed E-state index contributed by atoms with van der Waals surface area (Å²) in [4.78, 5) is 16.0. The summed E-state index contributed by atoms with van der Waals surface area (Å²) in [7, 11) is 0. The molecular formula is C11H14BrN3O2. The number of rotatable bonds is 2. The van der Waals surface area contributed by atoms with Crippen molar-refractivity contribution in [1.29, 1.82) is 0 Å². The second-order valence-electron chi connectivity index (χ2n) is 3.88. The molecular weight excluding hydrogens is 286 g/mol. The first kappa shape index (κ1) is 12.5. The lowest BCUT2D eigenvalue weighted by atomic mass is 10.2. The first-order chi connectivity index (χ1) is 8.16. The molecule has 1 saturated heterocycles. The molecule has 2 heterocycles. The van der Waals surface area contributed by atoms with E-state index in [0.717, 1.165) is 16.7 Å². The summed E-state index contributed by atoms with van der Waals surface area (Å²) < 4.78 is 6.15. The van der Waals surface area contributed by atoms with E-state index in [1.807, 2.05) is 13.0 Å². The molecule has 0 aromatic carbocycles. The van der Waals surface area contributed by atoms with E-state index >= 15 is 0 Å². The number of aromatic nitrogens is 1. The molecule has 0 aliphatic carbocycles. The van der Waals surface area contributed by atoms with E-state index in [4.69, 9.17) is 4.74 Å². The number of hydrogen-bond acceptors (Lipinski definition) is 4. The molecule has 0 spiro atoms. The van der Waals surface area contributed by atoms with Gasteiger partial charge in [0.15, 0.2) is 0 Å². The molecule has 6 heteroatoms. The minimum Gasteiger partial charge on any atom is -0.366 e. The van der Waals surface area contributed by atoms with Gasteiger partial charge in [0.2, 0.25) is 0 Å². The molecule has 92 valence electrons. The van der Waals surface area contributed by atoms with Crippen molar-refractivity contribution in [3.8, 4) is 0 Å². The van der Waals surface area contributed by atoms with Crippen LogP contribution in [-0.2, 0) is 9.53 Å². The van der Waals surface area contributed by atoms with Gasteiger partial charge in [-0.25, -0.2) is 4.98 Å². The number of hydrogen-bond donors (Lipinski definition) is 2. The molecule has 2 rings (SSSR count). The molecule has 1 aromatic rings. The number of anilines is 1. The van der Waals surface area contributed by atoms with E-state index in [2.05, 4.69) is 31.5 Å². The Morgan fingerprint density at radius 3 is 3.18 bits per heavy atom. The zero-order valence-corrected chi connectivity index (χ0v) is 11.1. The fourth-order valence-corrected chi connectivity index (χ4v) is 1.80. The number of pyridine rings is 1. The molecule has 0 radical (unpaired) electrons. The van der Waals surface area contributed by atoms with Crippen molar-refractivity contribution in [3.63, 3.8) is 0 Å². The summed E-state index contributed by atoms with van der Waals surface area (Å²) in [6.45, 7) is 3.83. The molecule has 0 bridgehead atoms. The standard InChI is InChI=1S/C11H14BrN3O2/c1-7-4-8(5-14-10(7)12)15-11(16)9-6-13-2-3-17-9/h4-5,9,13H,2-3,6H2,1H3,(H,15,16). The number of ether oxygens (including phenoxy) is 1. The lowest BCUT2D eigenvalue weighted by molar-refractivity contribution is -0.128. The number of carbonyl (C=O) groups excluding carboxylic acids is 1. The van der Waals surface area contributed by atoms with Gasteiger partial charge >= 0.3 is 0 Å². The van der Waals surface area contributed by atoms with Gasteiger partial charge in [0.25, 0.3) is 5.91 Å². The van der Waals surface area contributed by atoms with Gasteiger partial charge in [-0.3, -0.25) is 4.79 Å². The van der Waals surface area contributed by atoms with Gasteiger partial charge in [0.05, 0.1) is 18.5 Å². The normalized spacial score (nSPS) is 20.0. The van der Waals surface area contributed by atoms with Crippen LogP contribution in [0.25, 0.3) is 0 Å². The minimum absolute atomic E-state index is 0.138. The Morgan fingerprint density at radius 2 is 2.53 bits per heavy atom. The number of aryl methyl sites for hydroxylation is 1. The predicted octanol–water partition coefficient (Wildman–Crippen LogP) is 1.08. The van der Waals surface area contributed by atoms with Crippen LogP contribution in [0, 0.1) is 6.92 Å². The molecule has 1 amide bonds. The SMILES string of the molecule is Cc1cc(NC(=O)C2CNCCO2)cnc1Br. The van der Waals surface area contributed by atoms with Crippen molar-refractivity contribution < 1.29 is 9.53 Å². The number of carbonyl (C=O) groups is 1. The first-order valence-corrected chi connectivity index (χ1v) is 6.21. The van der Waals surface area contributed by atoms with E-state index in [9.17, 15) is 4.79 Å². The Bertz CT molecular complexity index is 419. The third kappa shape index (κ3) is 3.24. The largest absolute Gasteiger partial charge is 0.366 e. The predicted molar refractivity (Wildman–Crippen MR) is 67.9 cm³/mol. The number of nitrogens with one attached hydrogen (secondary N) is 2. The molecule has 0 saturated carbocycles. The Balaban J connectivity index is 1.99. The maximum atomic E-state index is 11.8. The fraction of sp³-hybridized carbons (Fsp3) is 0.455. The van der Waals surface area contributed by atoms with Crippen LogP contribution in [0.1, 0.15) is 5.56 Å². The van der Waals surface area contributed by atoms with Gasteiger partial charge in [-0.2, -0.15) is 0 Å². The summed E-state index contributed by atoms with van der Waals surface area (Å²) in [6, 6.07) is 1.87. The van der Waals surface area contributed by atoms with E-state index in [1.54, 1.807) is 6.20 Å². The molecule has 17 heavy (non-hydrogen) atoms. The van der Waals surface area contributed by atoms with Crippen molar-refractivity contribution in [2.75, 3.05) is 25.0 Å². The molecule has 1 atom stereocenters.